The molecular formula is C19H18N4O3. The summed E-state index contributed by atoms with van der Waals surface area (Å²) in [6.45, 7) is 2.35. The molecule has 0 fully saturated rings. The first kappa shape index (κ1) is 17.3. The molecule has 0 aliphatic rings. The number of para-hydroxylation sites is 1. The molecule has 3 rings (SSSR count). The van der Waals surface area contributed by atoms with Crippen LogP contribution < -0.4 is 11.0 Å². The number of hydrogen-bond donors (Lipinski definition) is 1. The monoisotopic (exact) mass is 350 g/mol. The summed E-state index contributed by atoms with van der Waals surface area (Å²) in [5.41, 5.74) is 4.58. The van der Waals surface area contributed by atoms with E-state index in [0.29, 0.717) is 29.0 Å². The Morgan fingerprint density at radius 1 is 1.23 bits per heavy atom. The predicted molar refractivity (Wildman–Crippen MR) is 101 cm³/mol. The van der Waals surface area contributed by atoms with Crippen LogP contribution in [0.25, 0.3) is 10.9 Å². The minimum absolute atomic E-state index is 0.113. The van der Waals surface area contributed by atoms with Crippen LogP contribution in [0.15, 0.2) is 58.4 Å². The van der Waals surface area contributed by atoms with Crippen LogP contribution in [0.4, 0.5) is 5.95 Å². The molecule has 0 unspecified atom stereocenters. The number of nitrogens with one attached hydrogen (secondary N) is 1. The number of carbonyl (C=O) groups is 1. The van der Waals surface area contributed by atoms with E-state index in [1.54, 1.807) is 42.6 Å². The Bertz CT molecular complexity index is 1020. The van der Waals surface area contributed by atoms with Crippen molar-refractivity contribution in [2.45, 2.75) is 13.5 Å². The molecule has 1 heterocycles. The van der Waals surface area contributed by atoms with Crippen molar-refractivity contribution in [3.63, 3.8) is 0 Å². The predicted octanol–water partition coefficient (Wildman–Crippen LogP) is 2.65. The number of hydrogen-bond acceptors (Lipinski definition) is 6. The molecule has 3 aromatic rings. The van der Waals surface area contributed by atoms with Crippen molar-refractivity contribution in [3.05, 3.63) is 70.0 Å². The first-order valence-corrected chi connectivity index (χ1v) is 8.11. The normalized spacial score (nSPS) is 11.0. The third-order valence-electron chi connectivity index (χ3n) is 3.89. The summed E-state index contributed by atoms with van der Waals surface area (Å²) in [4.78, 5) is 28.4. The fourth-order valence-corrected chi connectivity index (χ4v) is 2.53. The number of hydrazone groups is 1. The molecule has 7 nitrogen and oxygen atoms in total. The van der Waals surface area contributed by atoms with E-state index in [4.69, 9.17) is 0 Å². The van der Waals surface area contributed by atoms with Crippen LogP contribution in [-0.2, 0) is 11.3 Å². The number of esters is 1. The SMILES string of the molecule is CCn1c(N/N=C\c2ccc(C(=O)OC)cc2)nc2ccccc2c1=O. The van der Waals surface area contributed by atoms with Crippen molar-refractivity contribution in [2.24, 2.45) is 5.10 Å². The Balaban J connectivity index is 1.84. The highest BCUT2D eigenvalue weighted by atomic mass is 16.5. The van der Waals surface area contributed by atoms with E-state index in [2.05, 4.69) is 20.2 Å². The lowest BCUT2D eigenvalue weighted by atomic mass is 10.1. The van der Waals surface area contributed by atoms with E-state index in [1.165, 1.54) is 11.7 Å². The second kappa shape index (κ2) is 7.60. The molecule has 0 aliphatic heterocycles. The Morgan fingerprint density at radius 2 is 1.96 bits per heavy atom. The Morgan fingerprint density at radius 3 is 2.65 bits per heavy atom. The van der Waals surface area contributed by atoms with Gasteiger partial charge >= 0.3 is 5.97 Å². The van der Waals surface area contributed by atoms with Crippen molar-refractivity contribution in [3.8, 4) is 0 Å². The van der Waals surface area contributed by atoms with Crippen LogP contribution >= 0.6 is 0 Å². The van der Waals surface area contributed by atoms with Gasteiger partial charge in [-0.1, -0.05) is 24.3 Å². The highest BCUT2D eigenvalue weighted by Crippen LogP contribution is 2.11. The lowest BCUT2D eigenvalue weighted by molar-refractivity contribution is 0.0600. The molecule has 0 bridgehead atoms. The van der Waals surface area contributed by atoms with E-state index in [0.717, 1.165) is 5.56 Å². The van der Waals surface area contributed by atoms with E-state index in [-0.39, 0.29) is 11.5 Å². The molecule has 1 N–H and O–H groups in total. The van der Waals surface area contributed by atoms with Gasteiger partial charge in [0, 0.05) is 6.54 Å². The molecule has 7 heteroatoms. The fourth-order valence-electron chi connectivity index (χ4n) is 2.53. The third-order valence-corrected chi connectivity index (χ3v) is 3.89. The largest absolute Gasteiger partial charge is 0.465 e. The van der Waals surface area contributed by atoms with Gasteiger partial charge in [0.05, 0.1) is 29.8 Å². The first-order chi connectivity index (χ1) is 12.6. The lowest BCUT2D eigenvalue weighted by Gasteiger charge is -2.10. The van der Waals surface area contributed by atoms with Gasteiger partial charge in [0.25, 0.3) is 5.56 Å². The molecule has 0 saturated carbocycles. The molecule has 1 aromatic heterocycles. The minimum atomic E-state index is -0.390. The quantitative estimate of drug-likeness (QED) is 0.434. The number of benzene rings is 2. The maximum Gasteiger partial charge on any atom is 0.337 e. The van der Waals surface area contributed by atoms with Gasteiger partial charge in [-0.2, -0.15) is 5.10 Å². The lowest BCUT2D eigenvalue weighted by Crippen LogP contribution is -2.23. The van der Waals surface area contributed by atoms with Crippen molar-refractivity contribution in [1.29, 1.82) is 0 Å². The van der Waals surface area contributed by atoms with Crippen LogP contribution in [0.1, 0.15) is 22.8 Å². The highest BCUT2D eigenvalue weighted by molar-refractivity contribution is 5.90. The second-order valence-corrected chi connectivity index (χ2v) is 5.49. The van der Waals surface area contributed by atoms with Crippen LogP contribution in [0.3, 0.4) is 0 Å². The summed E-state index contributed by atoms with van der Waals surface area (Å²) in [6, 6.07) is 14.0. The van der Waals surface area contributed by atoms with Crippen molar-refractivity contribution in [1.82, 2.24) is 9.55 Å². The molecule has 0 aliphatic carbocycles. The number of carbonyl (C=O) groups excluding carboxylic acids is 1. The number of methoxy groups -OCH3 is 1. The number of rotatable bonds is 5. The summed E-state index contributed by atoms with van der Waals surface area (Å²) >= 11 is 0. The Labute approximate surface area is 149 Å². The average Bonchev–Trinajstić information content (AvgIpc) is 2.68. The summed E-state index contributed by atoms with van der Waals surface area (Å²) in [7, 11) is 1.34. The van der Waals surface area contributed by atoms with Crippen molar-refractivity contribution >= 4 is 29.0 Å². The van der Waals surface area contributed by atoms with Gasteiger partial charge in [0.1, 0.15) is 0 Å². The molecule has 0 atom stereocenters. The van der Waals surface area contributed by atoms with Crippen LogP contribution in [0, 0.1) is 0 Å². The van der Waals surface area contributed by atoms with Crippen LogP contribution in [0.2, 0.25) is 0 Å². The minimum Gasteiger partial charge on any atom is -0.465 e. The molecule has 132 valence electrons. The first-order valence-electron chi connectivity index (χ1n) is 8.11. The molecular weight excluding hydrogens is 332 g/mol. The molecule has 26 heavy (non-hydrogen) atoms. The molecule has 0 spiro atoms. The average molecular weight is 350 g/mol. The maximum atomic E-state index is 12.5. The van der Waals surface area contributed by atoms with Gasteiger partial charge in [-0.25, -0.2) is 15.2 Å². The van der Waals surface area contributed by atoms with E-state index >= 15 is 0 Å². The third kappa shape index (κ3) is 3.46. The zero-order valence-electron chi connectivity index (χ0n) is 14.5. The van der Waals surface area contributed by atoms with Gasteiger partial charge in [-0.3, -0.25) is 9.36 Å². The topological polar surface area (TPSA) is 85.6 Å². The van der Waals surface area contributed by atoms with Crippen molar-refractivity contribution in [2.75, 3.05) is 12.5 Å². The number of anilines is 1. The highest BCUT2D eigenvalue weighted by Gasteiger charge is 2.08. The molecule has 0 saturated heterocycles. The van der Waals surface area contributed by atoms with Gasteiger partial charge < -0.3 is 4.74 Å². The summed E-state index contributed by atoms with van der Waals surface area (Å²) < 4.78 is 6.19. The summed E-state index contributed by atoms with van der Waals surface area (Å²) in [6.07, 6.45) is 1.59. The van der Waals surface area contributed by atoms with Gasteiger partial charge in [-0.05, 0) is 36.8 Å². The molecule has 0 radical (unpaired) electrons. The van der Waals surface area contributed by atoms with Gasteiger partial charge in [0.2, 0.25) is 5.95 Å². The number of aromatic nitrogens is 2. The molecule has 2 aromatic carbocycles. The molecule has 0 amide bonds. The second-order valence-electron chi connectivity index (χ2n) is 5.49. The van der Waals surface area contributed by atoms with Crippen LogP contribution in [-0.4, -0.2) is 28.8 Å². The van der Waals surface area contributed by atoms with E-state index in [1.807, 2.05) is 19.1 Å². The smallest absolute Gasteiger partial charge is 0.337 e. The van der Waals surface area contributed by atoms with E-state index < -0.39 is 0 Å². The number of nitrogens with zero attached hydrogens (tertiary/aromatic N) is 3. The fraction of sp³-hybridized carbons (Fsp3) is 0.158. The Hall–Kier alpha value is -3.48. The van der Waals surface area contributed by atoms with Gasteiger partial charge in [-0.15, -0.1) is 0 Å². The van der Waals surface area contributed by atoms with Crippen LogP contribution in [0.5, 0.6) is 0 Å². The summed E-state index contributed by atoms with van der Waals surface area (Å²) in [5.74, 6) is -0.0161. The maximum absolute atomic E-state index is 12.5. The Kier molecular flexibility index (Phi) is 5.07. The zero-order chi connectivity index (χ0) is 18.5. The van der Waals surface area contributed by atoms with E-state index in [9.17, 15) is 9.59 Å². The van der Waals surface area contributed by atoms with Gasteiger partial charge in [0.15, 0.2) is 0 Å². The standard InChI is InChI=1S/C19H18N4O3/c1-3-23-17(24)15-6-4-5-7-16(15)21-19(23)22-20-12-13-8-10-14(11-9-13)18(25)26-2/h4-12H,3H2,1-2H3,(H,21,22)/b20-12-. The van der Waals surface area contributed by atoms with Crippen molar-refractivity contribution < 1.29 is 9.53 Å². The zero-order valence-corrected chi connectivity index (χ0v) is 14.5. The summed E-state index contributed by atoms with van der Waals surface area (Å²) in [5, 5.41) is 4.72. The number of fused-ring (bicyclic) bond motifs is 1. The number of ether oxygens (including phenoxy) is 1.